The van der Waals surface area contributed by atoms with Gasteiger partial charge in [0.15, 0.2) is 0 Å². The lowest BCUT2D eigenvalue weighted by Crippen LogP contribution is -2.41. The number of hydrogen-bond acceptors (Lipinski definition) is 3. The number of amides is 2. The van der Waals surface area contributed by atoms with Crippen LogP contribution in [0.15, 0.2) is 48.5 Å². The molecule has 1 saturated heterocycles. The third-order valence-corrected chi connectivity index (χ3v) is 6.06. The Morgan fingerprint density at radius 2 is 1.20 bits per heavy atom. The Bertz CT molecular complexity index is 775. The molecule has 4 heteroatoms. The molecule has 2 amide bonds. The van der Waals surface area contributed by atoms with Gasteiger partial charge in [-0.15, -0.1) is 0 Å². The monoisotopic (exact) mass is 333 g/mol. The number of methoxy groups -OCH3 is 1. The number of rotatable bonds is 3. The predicted octanol–water partition coefficient (Wildman–Crippen LogP) is 2.53. The van der Waals surface area contributed by atoms with Crippen molar-refractivity contribution in [2.24, 2.45) is 11.8 Å². The molecule has 2 aromatic carbocycles. The van der Waals surface area contributed by atoms with E-state index in [4.69, 9.17) is 4.74 Å². The Balaban J connectivity index is 1.70. The van der Waals surface area contributed by atoms with Gasteiger partial charge in [0.2, 0.25) is 11.8 Å². The van der Waals surface area contributed by atoms with Gasteiger partial charge in [0.25, 0.3) is 0 Å². The van der Waals surface area contributed by atoms with Crippen LogP contribution in [0.4, 0.5) is 0 Å². The van der Waals surface area contributed by atoms with E-state index >= 15 is 0 Å². The number of carbonyl (C=O) groups excluding carboxylic acids is 2. The molecule has 4 aliphatic rings. The summed E-state index contributed by atoms with van der Waals surface area (Å²) in [5, 5.41) is 0. The van der Waals surface area contributed by atoms with E-state index < -0.39 is 0 Å². The van der Waals surface area contributed by atoms with Crippen molar-refractivity contribution in [1.82, 2.24) is 4.90 Å². The van der Waals surface area contributed by atoms with Crippen LogP contribution >= 0.6 is 0 Å². The Morgan fingerprint density at radius 1 is 0.800 bits per heavy atom. The lowest BCUT2D eigenvalue weighted by Gasteiger charge is -2.45. The highest BCUT2D eigenvalue weighted by molar-refractivity contribution is 6.07. The Morgan fingerprint density at radius 3 is 1.56 bits per heavy atom. The molecular formula is C21H19NO3. The number of hydrogen-bond donors (Lipinski definition) is 0. The van der Waals surface area contributed by atoms with Crippen molar-refractivity contribution in [2.75, 3.05) is 20.3 Å². The second-order valence-corrected chi connectivity index (χ2v) is 7.09. The molecular weight excluding hydrogens is 314 g/mol. The Hall–Kier alpha value is -2.46. The van der Waals surface area contributed by atoms with E-state index in [0.29, 0.717) is 13.2 Å². The molecule has 0 saturated carbocycles. The van der Waals surface area contributed by atoms with E-state index in [1.165, 1.54) is 27.2 Å². The van der Waals surface area contributed by atoms with Crippen molar-refractivity contribution in [1.29, 1.82) is 0 Å². The van der Waals surface area contributed by atoms with Crippen LogP contribution in [0.5, 0.6) is 0 Å². The van der Waals surface area contributed by atoms with Crippen molar-refractivity contribution < 1.29 is 14.3 Å². The fraction of sp³-hybridized carbons (Fsp3) is 0.333. The van der Waals surface area contributed by atoms with Crippen LogP contribution in [0.3, 0.4) is 0 Å². The van der Waals surface area contributed by atoms with Crippen LogP contribution < -0.4 is 0 Å². The lowest BCUT2D eigenvalue weighted by molar-refractivity contribution is -0.140. The van der Waals surface area contributed by atoms with Crippen molar-refractivity contribution >= 4 is 11.8 Å². The Kier molecular flexibility index (Phi) is 3.13. The molecule has 3 aliphatic carbocycles. The van der Waals surface area contributed by atoms with Crippen LogP contribution in [-0.2, 0) is 14.3 Å². The van der Waals surface area contributed by atoms with Crippen molar-refractivity contribution in [3.63, 3.8) is 0 Å². The minimum absolute atomic E-state index is 0.0219. The lowest BCUT2D eigenvalue weighted by atomic mass is 9.55. The molecule has 2 aromatic rings. The normalized spacial score (nSPS) is 28.8. The third kappa shape index (κ3) is 1.80. The summed E-state index contributed by atoms with van der Waals surface area (Å²) in [5.41, 5.74) is 4.84. The van der Waals surface area contributed by atoms with E-state index in [1.54, 1.807) is 7.11 Å². The fourth-order valence-corrected chi connectivity index (χ4v) is 5.14. The molecule has 1 heterocycles. The number of imide groups is 1. The van der Waals surface area contributed by atoms with E-state index in [0.717, 1.165) is 0 Å². The first-order chi connectivity index (χ1) is 12.2. The fourth-order valence-electron chi connectivity index (χ4n) is 5.14. The van der Waals surface area contributed by atoms with Crippen LogP contribution in [0.2, 0.25) is 0 Å². The summed E-state index contributed by atoms with van der Waals surface area (Å²) in [5.74, 6) is -0.673. The highest BCUT2D eigenvalue weighted by Crippen LogP contribution is 2.60. The molecule has 0 spiro atoms. The first-order valence-corrected chi connectivity index (χ1v) is 8.76. The van der Waals surface area contributed by atoms with Crippen LogP contribution in [0.25, 0.3) is 0 Å². The van der Waals surface area contributed by atoms with E-state index in [2.05, 4.69) is 24.3 Å². The third-order valence-electron chi connectivity index (χ3n) is 6.06. The minimum atomic E-state index is -0.279. The molecule has 126 valence electrons. The molecule has 0 aromatic heterocycles. The summed E-state index contributed by atoms with van der Waals surface area (Å²) in [6.07, 6.45) is 0. The molecule has 0 unspecified atom stereocenters. The molecule has 1 fully saturated rings. The van der Waals surface area contributed by atoms with Gasteiger partial charge >= 0.3 is 0 Å². The van der Waals surface area contributed by atoms with Crippen molar-refractivity contribution in [2.45, 2.75) is 11.8 Å². The number of carbonyl (C=O) groups is 2. The zero-order valence-corrected chi connectivity index (χ0v) is 14.0. The van der Waals surface area contributed by atoms with Gasteiger partial charge in [-0.2, -0.15) is 0 Å². The largest absolute Gasteiger partial charge is 0.383 e. The quantitative estimate of drug-likeness (QED) is 0.811. The highest BCUT2D eigenvalue weighted by Gasteiger charge is 2.61. The van der Waals surface area contributed by atoms with Gasteiger partial charge < -0.3 is 4.74 Å². The van der Waals surface area contributed by atoms with E-state index in [-0.39, 0.29) is 35.5 Å². The topological polar surface area (TPSA) is 46.6 Å². The van der Waals surface area contributed by atoms with Crippen LogP contribution in [0.1, 0.15) is 34.1 Å². The predicted molar refractivity (Wildman–Crippen MR) is 92.1 cm³/mol. The second kappa shape index (κ2) is 5.27. The highest BCUT2D eigenvalue weighted by atomic mass is 16.5. The van der Waals surface area contributed by atoms with Crippen LogP contribution in [-0.4, -0.2) is 37.0 Å². The molecule has 2 bridgehead atoms. The summed E-state index contributed by atoms with van der Waals surface area (Å²) < 4.78 is 5.10. The summed E-state index contributed by atoms with van der Waals surface area (Å²) in [6, 6.07) is 16.6. The molecule has 0 N–H and O–H groups in total. The van der Waals surface area contributed by atoms with Gasteiger partial charge in [-0.25, -0.2) is 0 Å². The van der Waals surface area contributed by atoms with Crippen molar-refractivity contribution in [3.8, 4) is 0 Å². The smallest absolute Gasteiger partial charge is 0.234 e. The van der Waals surface area contributed by atoms with E-state index in [9.17, 15) is 9.59 Å². The molecule has 6 rings (SSSR count). The van der Waals surface area contributed by atoms with Gasteiger partial charge in [0.1, 0.15) is 0 Å². The maximum absolute atomic E-state index is 13.1. The maximum atomic E-state index is 13.1. The van der Waals surface area contributed by atoms with Gasteiger partial charge in [-0.3, -0.25) is 14.5 Å². The second-order valence-electron chi connectivity index (χ2n) is 7.09. The molecule has 25 heavy (non-hydrogen) atoms. The number of ether oxygens (including phenoxy) is 1. The SMILES string of the molecule is COCCN1C(=O)[C@H]2C3c4ccccc4C(c4ccccc43)[C@@H]2C1=O. The molecule has 0 radical (unpaired) electrons. The van der Waals surface area contributed by atoms with Gasteiger partial charge in [0, 0.05) is 18.9 Å². The number of likely N-dealkylation sites (tertiary alicyclic amines) is 1. The standard InChI is InChI=1S/C21H19NO3/c1-25-11-10-22-20(23)18-16-12-6-2-3-7-13(12)17(19(18)21(22)24)15-9-5-4-8-14(15)16/h2-9,16-19H,10-11H2,1H3/t16?,17?,18-,19-/m0/s1. The average Bonchev–Trinajstić information content (AvgIpc) is 2.91. The number of benzene rings is 2. The van der Waals surface area contributed by atoms with Crippen molar-refractivity contribution in [3.05, 3.63) is 70.8 Å². The maximum Gasteiger partial charge on any atom is 0.234 e. The summed E-state index contributed by atoms with van der Waals surface area (Å²) in [7, 11) is 1.59. The van der Waals surface area contributed by atoms with Gasteiger partial charge in [-0.05, 0) is 22.3 Å². The zero-order chi connectivity index (χ0) is 17.1. The zero-order valence-electron chi connectivity index (χ0n) is 14.0. The summed E-state index contributed by atoms with van der Waals surface area (Å²) >= 11 is 0. The van der Waals surface area contributed by atoms with Gasteiger partial charge in [0.05, 0.1) is 25.0 Å². The molecule has 2 atom stereocenters. The number of nitrogens with zero attached hydrogens (tertiary/aromatic N) is 1. The minimum Gasteiger partial charge on any atom is -0.383 e. The molecule has 1 aliphatic heterocycles. The first-order valence-electron chi connectivity index (χ1n) is 8.76. The van der Waals surface area contributed by atoms with E-state index in [1.807, 2.05) is 24.3 Å². The Labute approximate surface area is 146 Å². The van der Waals surface area contributed by atoms with Crippen LogP contribution in [0, 0.1) is 11.8 Å². The summed E-state index contributed by atoms with van der Waals surface area (Å²) in [6.45, 7) is 0.722. The summed E-state index contributed by atoms with van der Waals surface area (Å²) in [4.78, 5) is 27.7. The molecule has 4 nitrogen and oxygen atoms in total. The average molecular weight is 333 g/mol. The van der Waals surface area contributed by atoms with Gasteiger partial charge in [-0.1, -0.05) is 48.5 Å². The first kappa shape index (κ1) is 14.8.